The van der Waals surface area contributed by atoms with Gasteiger partial charge in [-0.2, -0.15) is 5.26 Å². The molecule has 1 saturated heterocycles. The molecular formula is C10H9ClIN3O. The number of pyridine rings is 1. The van der Waals surface area contributed by atoms with E-state index in [4.69, 9.17) is 22.0 Å². The zero-order chi connectivity index (χ0) is 11.8. The number of aliphatic hydroxyl groups is 1. The number of aliphatic hydroxyl groups excluding tert-OH is 1. The van der Waals surface area contributed by atoms with Crippen LogP contribution in [-0.4, -0.2) is 29.8 Å². The Morgan fingerprint density at radius 1 is 1.69 bits per heavy atom. The van der Waals surface area contributed by atoms with E-state index < -0.39 is 5.41 Å². The molecule has 0 unspecified atom stereocenters. The maximum Gasteiger partial charge on any atom is 0.148 e. The summed E-state index contributed by atoms with van der Waals surface area (Å²) in [5.41, 5.74) is -0.647. The lowest BCUT2D eigenvalue weighted by Crippen LogP contribution is -2.58. The van der Waals surface area contributed by atoms with Crippen LogP contribution in [0.4, 0.5) is 5.82 Å². The summed E-state index contributed by atoms with van der Waals surface area (Å²) >= 11 is 8.26. The maximum atomic E-state index is 9.12. The average Bonchev–Trinajstić information content (AvgIpc) is 2.24. The number of nitriles is 1. The zero-order valence-corrected chi connectivity index (χ0v) is 11.2. The Morgan fingerprint density at radius 3 is 2.94 bits per heavy atom. The van der Waals surface area contributed by atoms with E-state index in [1.54, 1.807) is 6.20 Å². The second-order valence-electron chi connectivity index (χ2n) is 3.84. The summed E-state index contributed by atoms with van der Waals surface area (Å²) < 4.78 is 0.933. The molecule has 16 heavy (non-hydrogen) atoms. The minimum Gasteiger partial charge on any atom is -0.395 e. The zero-order valence-electron chi connectivity index (χ0n) is 8.32. The molecule has 1 aromatic rings. The number of halogens is 2. The smallest absolute Gasteiger partial charge is 0.148 e. The fraction of sp³-hybridized carbons (Fsp3) is 0.400. The van der Waals surface area contributed by atoms with E-state index in [0.717, 1.165) is 3.57 Å². The van der Waals surface area contributed by atoms with Gasteiger partial charge in [-0.15, -0.1) is 0 Å². The highest BCUT2D eigenvalue weighted by Crippen LogP contribution is 2.37. The summed E-state index contributed by atoms with van der Waals surface area (Å²) in [7, 11) is 0. The monoisotopic (exact) mass is 349 g/mol. The molecule has 84 valence electrons. The lowest BCUT2D eigenvalue weighted by molar-refractivity contribution is 0.144. The van der Waals surface area contributed by atoms with Crippen molar-refractivity contribution in [2.24, 2.45) is 5.41 Å². The lowest BCUT2D eigenvalue weighted by Gasteiger charge is -2.45. The predicted octanol–water partition coefficient (Wildman–Crippen LogP) is 1.66. The first-order chi connectivity index (χ1) is 7.62. The van der Waals surface area contributed by atoms with Crippen molar-refractivity contribution >= 4 is 40.0 Å². The number of hydrogen-bond acceptors (Lipinski definition) is 4. The van der Waals surface area contributed by atoms with Gasteiger partial charge < -0.3 is 10.0 Å². The van der Waals surface area contributed by atoms with Crippen molar-refractivity contribution < 1.29 is 5.11 Å². The van der Waals surface area contributed by atoms with Gasteiger partial charge in [-0.3, -0.25) is 0 Å². The first-order valence-corrected chi connectivity index (χ1v) is 6.15. The Hall–Kier alpha value is -0.580. The molecule has 1 aliphatic heterocycles. The highest BCUT2D eigenvalue weighted by Gasteiger charge is 2.44. The Morgan fingerprint density at radius 2 is 2.38 bits per heavy atom. The van der Waals surface area contributed by atoms with Crippen LogP contribution in [0.1, 0.15) is 0 Å². The van der Waals surface area contributed by atoms with E-state index in [1.807, 2.05) is 11.0 Å². The summed E-state index contributed by atoms with van der Waals surface area (Å²) in [4.78, 5) is 6.10. The van der Waals surface area contributed by atoms with Crippen molar-refractivity contribution in [3.05, 3.63) is 20.9 Å². The molecule has 1 fully saturated rings. The fourth-order valence-electron chi connectivity index (χ4n) is 1.67. The van der Waals surface area contributed by atoms with Crippen LogP contribution >= 0.6 is 34.2 Å². The largest absolute Gasteiger partial charge is 0.395 e. The summed E-state index contributed by atoms with van der Waals surface area (Å²) in [6.07, 6.45) is 1.69. The molecule has 0 spiro atoms. The van der Waals surface area contributed by atoms with Gasteiger partial charge in [0.15, 0.2) is 0 Å². The van der Waals surface area contributed by atoms with Crippen LogP contribution in [0.5, 0.6) is 0 Å². The summed E-state index contributed by atoms with van der Waals surface area (Å²) in [6.45, 7) is 0.834. The van der Waals surface area contributed by atoms with Crippen molar-refractivity contribution in [1.29, 1.82) is 5.26 Å². The molecule has 0 radical (unpaired) electrons. The molecule has 0 saturated carbocycles. The topological polar surface area (TPSA) is 60.1 Å². The van der Waals surface area contributed by atoms with E-state index in [1.165, 1.54) is 0 Å². The molecular weight excluding hydrogens is 340 g/mol. The Kier molecular flexibility index (Phi) is 3.24. The van der Waals surface area contributed by atoms with Crippen molar-refractivity contribution in [3.63, 3.8) is 0 Å². The highest BCUT2D eigenvalue weighted by atomic mass is 127. The number of nitrogens with zero attached hydrogens (tertiary/aromatic N) is 3. The van der Waals surface area contributed by atoms with Gasteiger partial charge in [0.2, 0.25) is 0 Å². The van der Waals surface area contributed by atoms with Gasteiger partial charge in [0.05, 0.1) is 17.7 Å². The van der Waals surface area contributed by atoms with Gasteiger partial charge in [-0.1, -0.05) is 11.6 Å². The lowest BCUT2D eigenvalue weighted by atomic mass is 9.82. The van der Waals surface area contributed by atoms with Crippen LogP contribution in [-0.2, 0) is 0 Å². The number of anilines is 1. The van der Waals surface area contributed by atoms with E-state index >= 15 is 0 Å². The Balaban J connectivity index is 2.19. The molecule has 1 aliphatic rings. The third-order valence-corrected chi connectivity index (χ3v) is 4.24. The molecule has 1 N–H and O–H groups in total. The predicted molar refractivity (Wildman–Crippen MR) is 69.3 cm³/mol. The number of aromatic nitrogens is 1. The average molecular weight is 350 g/mol. The summed E-state index contributed by atoms with van der Waals surface area (Å²) in [5, 5.41) is 18.7. The van der Waals surface area contributed by atoms with Crippen molar-refractivity contribution in [2.45, 2.75) is 0 Å². The van der Waals surface area contributed by atoms with Crippen LogP contribution in [0.3, 0.4) is 0 Å². The quantitative estimate of drug-likeness (QED) is 0.825. The third-order valence-electron chi connectivity index (χ3n) is 2.65. The van der Waals surface area contributed by atoms with Gasteiger partial charge in [-0.05, 0) is 28.7 Å². The van der Waals surface area contributed by atoms with Crippen molar-refractivity contribution in [1.82, 2.24) is 4.98 Å². The van der Waals surface area contributed by atoms with E-state index in [2.05, 4.69) is 33.6 Å². The second-order valence-corrected chi connectivity index (χ2v) is 5.38. The van der Waals surface area contributed by atoms with Crippen LogP contribution < -0.4 is 4.90 Å². The third kappa shape index (κ3) is 1.85. The minimum absolute atomic E-state index is 0.123. The maximum absolute atomic E-state index is 9.12. The first-order valence-electron chi connectivity index (χ1n) is 4.69. The minimum atomic E-state index is -0.647. The summed E-state index contributed by atoms with van der Waals surface area (Å²) in [5.74, 6) is 0.688. The van der Waals surface area contributed by atoms with Crippen LogP contribution in [0, 0.1) is 20.3 Å². The molecule has 2 heterocycles. The molecule has 2 rings (SSSR count). The van der Waals surface area contributed by atoms with Gasteiger partial charge >= 0.3 is 0 Å². The van der Waals surface area contributed by atoms with Gasteiger partial charge in [0.1, 0.15) is 11.2 Å². The van der Waals surface area contributed by atoms with Gasteiger partial charge in [0, 0.05) is 22.9 Å². The van der Waals surface area contributed by atoms with Crippen LogP contribution in [0.15, 0.2) is 12.3 Å². The molecule has 0 aliphatic carbocycles. The molecule has 0 amide bonds. The van der Waals surface area contributed by atoms with Crippen molar-refractivity contribution in [3.8, 4) is 6.07 Å². The van der Waals surface area contributed by atoms with Crippen LogP contribution in [0.2, 0.25) is 5.02 Å². The highest BCUT2D eigenvalue weighted by molar-refractivity contribution is 14.1. The SMILES string of the molecule is N#CC1(CO)CN(c2nccc(I)c2Cl)C1. The van der Waals surface area contributed by atoms with Crippen molar-refractivity contribution in [2.75, 3.05) is 24.6 Å². The number of hydrogen-bond donors (Lipinski definition) is 1. The second kappa shape index (κ2) is 4.35. The molecule has 0 bridgehead atoms. The molecule has 1 aromatic heterocycles. The van der Waals surface area contributed by atoms with E-state index in [9.17, 15) is 0 Å². The number of rotatable bonds is 2. The molecule has 6 heteroatoms. The molecule has 0 aromatic carbocycles. The standard InChI is InChI=1S/C10H9ClIN3O/c11-8-7(12)1-2-14-9(8)15-4-10(3-13,5-15)6-16/h1-2,16H,4-6H2. The Bertz CT molecular complexity index is 454. The first kappa shape index (κ1) is 11.9. The molecule has 0 atom stereocenters. The van der Waals surface area contributed by atoms with E-state index in [0.29, 0.717) is 23.9 Å². The van der Waals surface area contributed by atoms with Gasteiger partial charge in [0.25, 0.3) is 0 Å². The summed E-state index contributed by atoms with van der Waals surface area (Å²) in [6, 6.07) is 3.96. The Labute approximate surface area is 112 Å². The van der Waals surface area contributed by atoms with E-state index in [-0.39, 0.29) is 6.61 Å². The van der Waals surface area contributed by atoms with Crippen LogP contribution in [0.25, 0.3) is 0 Å². The molecule has 4 nitrogen and oxygen atoms in total. The van der Waals surface area contributed by atoms with Gasteiger partial charge in [-0.25, -0.2) is 4.98 Å². The normalized spacial score (nSPS) is 17.8. The fourth-order valence-corrected chi connectivity index (χ4v) is 2.30.